The SMILES string of the molecule is O=C(O)CCN1C(=O)C(=C/C(Cl)=C/c2ccccc2)SC1=S. The molecular weight excluding hydrogens is 342 g/mol. The second-order valence-corrected chi connectivity index (χ2v) is 6.53. The van der Waals surface area contributed by atoms with Crippen LogP contribution in [0.1, 0.15) is 12.0 Å². The van der Waals surface area contributed by atoms with E-state index in [-0.39, 0.29) is 18.9 Å². The normalized spacial score (nSPS) is 17.4. The number of thioether (sulfide) groups is 1. The Morgan fingerprint density at radius 1 is 1.36 bits per heavy atom. The topological polar surface area (TPSA) is 57.6 Å². The minimum Gasteiger partial charge on any atom is -0.481 e. The van der Waals surface area contributed by atoms with Crippen molar-refractivity contribution in [1.82, 2.24) is 4.90 Å². The van der Waals surface area contributed by atoms with Crippen molar-refractivity contribution in [1.29, 1.82) is 0 Å². The van der Waals surface area contributed by atoms with Crippen molar-refractivity contribution in [3.05, 3.63) is 51.9 Å². The largest absolute Gasteiger partial charge is 0.481 e. The van der Waals surface area contributed by atoms with Crippen molar-refractivity contribution in [3.63, 3.8) is 0 Å². The Hall–Kier alpha value is -1.63. The Labute approximate surface area is 142 Å². The fraction of sp³-hybridized carbons (Fsp3) is 0.133. The monoisotopic (exact) mass is 353 g/mol. The van der Waals surface area contributed by atoms with Crippen LogP contribution in [0.3, 0.4) is 0 Å². The summed E-state index contributed by atoms with van der Waals surface area (Å²) in [6.07, 6.45) is 3.15. The summed E-state index contributed by atoms with van der Waals surface area (Å²) in [4.78, 5) is 24.5. The number of nitrogens with zero attached hydrogens (tertiary/aromatic N) is 1. The van der Waals surface area contributed by atoms with Gasteiger partial charge in [0.25, 0.3) is 5.91 Å². The minimum atomic E-state index is -0.972. The number of hydrogen-bond acceptors (Lipinski definition) is 4. The summed E-state index contributed by atoms with van der Waals surface area (Å²) in [5, 5.41) is 9.10. The zero-order chi connectivity index (χ0) is 16.1. The first-order chi connectivity index (χ1) is 10.5. The Bertz CT molecular complexity index is 671. The first kappa shape index (κ1) is 16.7. The number of allylic oxidation sites excluding steroid dienone is 2. The highest BCUT2D eigenvalue weighted by atomic mass is 35.5. The predicted octanol–water partition coefficient (Wildman–Crippen LogP) is 3.49. The third kappa shape index (κ3) is 4.43. The van der Waals surface area contributed by atoms with Crippen molar-refractivity contribution >= 4 is 57.9 Å². The molecule has 1 heterocycles. The fourth-order valence-electron chi connectivity index (χ4n) is 1.78. The molecule has 1 aliphatic heterocycles. The zero-order valence-corrected chi connectivity index (χ0v) is 13.7. The van der Waals surface area contributed by atoms with Gasteiger partial charge in [-0.1, -0.05) is 65.9 Å². The number of aliphatic carboxylic acids is 1. The van der Waals surface area contributed by atoms with Gasteiger partial charge in [0.1, 0.15) is 4.32 Å². The van der Waals surface area contributed by atoms with Crippen LogP contribution in [0.25, 0.3) is 6.08 Å². The molecule has 0 radical (unpaired) electrons. The van der Waals surface area contributed by atoms with Crippen LogP contribution in [0, 0.1) is 0 Å². The number of carbonyl (C=O) groups is 2. The van der Waals surface area contributed by atoms with E-state index < -0.39 is 5.97 Å². The Kier molecular flexibility index (Phi) is 5.76. The summed E-state index contributed by atoms with van der Waals surface area (Å²) in [7, 11) is 0. The van der Waals surface area contributed by atoms with E-state index in [4.69, 9.17) is 28.9 Å². The van der Waals surface area contributed by atoms with E-state index in [0.717, 1.165) is 17.3 Å². The first-order valence-electron chi connectivity index (χ1n) is 6.37. The quantitative estimate of drug-likeness (QED) is 0.648. The molecule has 0 atom stereocenters. The molecule has 0 saturated carbocycles. The van der Waals surface area contributed by atoms with Gasteiger partial charge in [0.15, 0.2) is 0 Å². The molecule has 0 bridgehead atoms. The molecular formula is C15H12ClNO3S2. The van der Waals surface area contributed by atoms with Gasteiger partial charge in [0, 0.05) is 11.6 Å². The summed E-state index contributed by atoms with van der Waals surface area (Å²) in [5.74, 6) is -1.28. The summed E-state index contributed by atoms with van der Waals surface area (Å²) >= 11 is 12.4. The van der Waals surface area contributed by atoms with Gasteiger partial charge in [-0.3, -0.25) is 14.5 Å². The lowest BCUT2D eigenvalue weighted by Crippen LogP contribution is -2.30. The number of carbonyl (C=O) groups excluding carboxylic acids is 1. The highest BCUT2D eigenvalue weighted by Gasteiger charge is 2.32. The van der Waals surface area contributed by atoms with Crippen LogP contribution >= 0.6 is 35.6 Å². The zero-order valence-electron chi connectivity index (χ0n) is 11.4. The molecule has 22 heavy (non-hydrogen) atoms. The molecule has 0 aliphatic carbocycles. The maximum absolute atomic E-state index is 12.2. The molecule has 2 rings (SSSR count). The number of hydrogen-bond donors (Lipinski definition) is 1. The number of carboxylic acids is 1. The smallest absolute Gasteiger partial charge is 0.305 e. The molecule has 7 heteroatoms. The van der Waals surface area contributed by atoms with Crippen molar-refractivity contribution in [2.24, 2.45) is 0 Å². The first-order valence-corrected chi connectivity index (χ1v) is 7.97. The van der Waals surface area contributed by atoms with Crippen LogP contribution < -0.4 is 0 Å². The second kappa shape index (κ2) is 7.58. The number of rotatable bonds is 5. The summed E-state index contributed by atoms with van der Waals surface area (Å²) in [6, 6.07) is 9.48. The third-order valence-corrected chi connectivity index (χ3v) is 4.39. The van der Waals surface area contributed by atoms with E-state index in [1.165, 1.54) is 4.90 Å². The molecule has 1 N–H and O–H groups in total. The van der Waals surface area contributed by atoms with E-state index in [2.05, 4.69) is 0 Å². The van der Waals surface area contributed by atoms with Crippen molar-refractivity contribution in [3.8, 4) is 0 Å². The van der Waals surface area contributed by atoms with Gasteiger partial charge in [0.05, 0.1) is 11.3 Å². The number of amides is 1. The predicted molar refractivity (Wildman–Crippen MR) is 92.5 cm³/mol. The minimum absolute atomic E-state index is 0.0668. The maximum Gasteiger partial charge on any atom is 0.305 e. The highest BCUT2D eigenvalue weighted by molar-refractivity contribution is 8.26. The Morgan fingerprint density at radius 3 is 2.68 bits per heavy atom. The van der Waals surface area contributed by atoms with Crippen molar-refractivity contribution in [2.45, 2.75) is 6.42 Å². The van der Waals surface area contributed by atoms with E-state index in [1.54, 1.807) is 12.2 Å². The second-order valence-electron chi connectivity index (χ2n) is 4.42. The molecule has 1 saturated heterocycles. The lowest BCUT2D eigenvalue weighted by Gasteiger charge is -2.12. The van der Waals surface area contributed by atoms with Crippen LogP contribution in [0.2, 0.25) is 0 Å². The van der Waals surface area contributed by atoms with E-state index in [9.17, 15) is 9.59 Å². The molecule has 0 unspecified atom stereocenters. The highest BCUT2D eigenvalue weighted by Crippen LogP contribution is 2.32. The fourth-order valence-corrected chi connectivity index (χ4v) is 3.37. The number of thiocarbonyl (C=S) groups is 1. The molecule has 1 aliphatic rings. The molecule has 1 fully saturated rings. The summed E-state index contributed by atoms with van der Waals surface area (Å²) in [5.41, 5.74) is 0.921. The number of carboxylic acid groups (broad SMARTS) is 1. The molecule has 0 aromatic heterocycles. The molecule has 4 nitrogen and oxygen atoms in total. The van der Waals surface area contributed by atoms with Gasteiger partial charge in [-0.25, -0.2) is 0 Å². The van der Waals surface area contributed by atoms with Crippen molar-refractivity contribution < 1.29 is 14.7 Å². The van der Waals surface area contributed by atoms with Crippen molar-refractivity contribution in [2.75, 3.05) is 6.54 Å². The van der Waals surface area contributed by atoms with Crippen LogP contribution in [0.15, 0.2) is 46.3 Å². The average molecular weight is 354 g/mol. The summed E-state index contributed by atoms with van der Waals surface area (Å²) in [6.45, 7) is 0.0668. The maximum atomic E-state index is 12.2. The molecule has 114 valence electrons. The standard InChI is InChI=1S/C15H12ClNO3S2/c16-11(8-10-4-2-1-3-5-10)9-12-14(20)17(15(21)22-12)7-6-13(18)19/h1-5,8-9H,6-7H2,(H,18,19)/b11-8-,12-9?. The van der Waals surface area contributed by atoms with Gasteiger partial charge < -0.3 is 5.11 Å². The van der Waals surface area contributed by atoms with E-state index in [1.807, 2.05) is 30.3 Å². The van der Waals surface area contributed by atoms with Gasteiger partial charge in [0.2, 0.25) is 0 Å². The van der Waals surface area contributed by atoms with E-state index in [0.29, 0.717) is 14.3 Å². The van der Waals surface area contributed by atoms with Crippen LogP contribution in [0.4, 0.5) is 0 Å². The molecule has 1 aromatic carbocycles. The lowest BCUT2D eigenvalue weighted by molar-refractivity contribution is -0.137. The van der Waals surface area contributed by atoms with Gasteiger partial charge in [-0.05, 0) is 17.7 Å². The summed E-state index contributed by atoms with van der Waals surface area (Å²) < 4.78 is 0.349. The van der Waals surface area contributed by atoms with Gasteiger partial charge in [-0.2, -0.15) is 0 Å². The Morgan fingerprint density at radius 2 is 2.05 bits per heavy atom. The average Bonchev–Trinajstić information content (AvgIpc) is 2.72. The Balaban J connectivity index is 2.12. The van der Waals surface area contributed by atoms with Gasteiger partial charge in [-0.15, -0.1) is 0 Å². The number of halogens is 1. The van der Waals surface area contributed by atoms with E-state index >= 15 is 0 Å². The molecule has 1 amide bonds. The van der Waals surface area contributed by atoms with Crippen LogP contribution in [-0.2, 0) is 9.59 Å². The third-order valence-electron chi connectivity index (χ3n) is 2.80. The molecule has 0 spiro atoms. The lowest BCUT2D eigenvalue weighted by atomic mass is 10.2. The number of benzene rings is 1. The van der Waals surface area contributed by atoms with Gasteiger partial charge >= 0.3 is 5.97 Å². The van der Waals surface area contributed by atoms with Crippen LogP contribution in [-0.4, -0.2) is 32.7 Å². The molecule has 1 aromatic rings. The van der Waals surface area contributed by atoms with Crippen LogP contribution in [0.5, 0.6) is 0 Å².